The normalized spacial score (nSPS) is 13.8. The van der Waals surface area contributed by atoms with Gasteiger partial charge in [-0.1, -0.05) is 45.0 Å². The molecule has 0 atom stereocenters. The molecule has 0 aromatic heterocycles. The van der Waals surface area contributed by atoms with Crippen LogP contribution in [-0.2, 0) is 16.6 Å². The van der Waals surface area contributed by atoms with E-state index in [2.05, 4.69) is 55.3 Å². The van der Waals surface area contributed by atoms with Gasteiger partial charge >= 0.3 is 0 Å². The van der Waals surface area contributed by atoms with Crippen molar-refractivity contribution >= 4 is 17.3 Å². The monoisotopic (exact) mass is 352 g/mol. The third kappa shape index (κ3) is 4.37. The number of fused-ring (bicyclic) bond motifs is 1. The molecule has 0 fully saturated rings. The van der Waals surface area contributed by atoms with Crippen molar-refractivity contribution in [1.82, 2.24) is 0 Å². The number of aryl methyl sites for hydroxylation is 1. The fraction of sp³-hybridized carbons (Fsp3) is 0.409. The van der Waals surface area contributed by atoms with E-state index in [4.69, 9.17) is 4.74 Å². The molecule has 138 valence electrons. The van der Waals surface area contributed by atoms with Gasteiger partial charge in [0.25, 0.3) is 0 Å². The van der Waals surface area contributed by atoms with Crippen molar-refractivity contribution in [2.45, 2.75) is 39.0 Å². The first-order valence-corrected chi connectivity index (χ1v) is 9.20. The number of carbonyl (C=O) groups excluding carboxylic acids is 1. The van der Waals surface area contributed by atoms with Gasteiger partial charge in [-0.05, 0) is 41.2 Å². The van der Waals surface area contributed by atoms with E-state index in [0.29, 0.717) is 13.0 Å². The van der Waals surface area contributed by atoms with Crippen LogP contribution in [0.3, 0.4) is 0 Å². The van der Waals surface area contributed by atoms with E-state index in [9.17, 15) is 4.79 Å². The second-order valence-corrected chi connectivity index (χ2v) is 7.95. The minimum atomic E-state index is 0.0317. The maximum absolute atomic E-state index is 12.3. The summed E-state index contributed by atoms with van der Waals surface area (Å²) in [6.45, 7) is 8.17. The molecule has 3 rings (SSSR count). The van der Waals surface area contributed by atoms with Crippen molar-refractivity contribution in [2.75, 3.05) is 30.4 Å². The molecule has 0 saturated heterocycles. The van der Waals surface area contributed by atoms with Gasteiger partial charge in [0.15, 0.2) is 0 Å². The Morgan fingerprint density at radius 3 is 2.58 bits per heavy atom. The Hall–Kier alpha value is -2.49. The van der Waals surface area contributed by atoms with Gasteiger partial charge < -0.3 is 15.0 Å². The maximum Gasteiger partial charge on any atom is 0.224 e. The minimum Gasteiger partial charge on any atom is -0.490 e. The minimum absolute atomic E-state index is 0.0317. The molecule has 1 heterocycles. The smallest absolute Gasteiger partial charge is 0.224 e. The van der Waals surface area contributed by atoms with Crippen LogP contribution in [0.25, 0.3) is 0 Å². The number of anilines is 2. The fourth-order valence-corrected chi connectivity index (χ4v) is 3.08. The average molecular weight is 352 g/mol. The molecule has 4 heteroatoms. The number of carbonyl (C=O) groups is 1. The van der Waals surface area contributed by atoms with Crippen LogP contribution in [0.1, 0.15) is 38.3 Å². The molecule has 0 saturated carbocycles. The molecule has 1 amide bonds. The molecule has 0 spiro atoms. The lowest BCUT2D eigenvalue weighted by atomic mass is 9.86. The van der Waals surface area contributed by atoms with Gasteiger partial charge in [-0.3, -0.25) is 4.79 Å². The van der Waals surface area contributed by atoms with Crippen LogP contribution < -0.4 is 15.0 Å². The fourth-order valence-electron chi connectivity index (χ4n) is 3.08. The van der Waals surface area contributed by atoms with E-state index in [1.165, 1.54) is 11.1 Å². The van der Waals surface area contributed by atoms with Gasteiger partial charge in [-0.2, -0.15) is 0 Å². The standard InChI is InChI=1S/C22H28N2O2/c1-22(2,3)17-8-5-16(6-9-17)7-12-21(25)23-18-10-11-20-19(15-18)24(4)13-14-26-20/h5-6,8-11,15H,7,12-14H2,1-4H3,(H,23,25). The summed E-state index contributed by atoms with van der Waals surface area (Å²) >= 11 is 0. The van der Waals surface area contributed by atoms with Crippen LogP contribution in [0.4, 0.5) is 11.4 Å². The molecule has 2 aromatic carbocycles. The van der Waals surface area contributed by atoms with E-state index < -0.39 is 0 Å². The van der Waals surface area contributed by atoms with Crippen molar-refractivity contribution in [3.63, 3.8) is 0 Å². The van der Waals surface area contributed by atoms with Gasteiger partial charge in [0.1, 0.15) is 12.4 Å². The van der Waals surface area contributed by atoms with Crippen molar-refractivity contribution in [3.05, 3.63) is 53.6 Å². The highest BCUT2D eigenvalue weighted by atomic mass is 16.5. The van der Waals surface area contributed by atoms with Gasteiger partial charge in [0.05, 0.1) is 12.2 Å². The quantitative estimate of drug-likeness (QED) is 0.888. The second-order valence-electron chi connectivity index (χ2n) is 7.95. The third-order valence-electron chi connectivity index (χ3n) is 4.80. The molecule has 0 bridgehead atoms. The van der Waals surface area contributed by atoms with Crippen LogP contribution in [-0.4, -0.2) is 26.1 Å². The molecular formula is C22H28N2O2. The highest BCUT2D eigenvalue weighted by Crippen LogP contribution is 2.33. The summed E-state index contributed by atoms with van der Waals surface area (Å²) in [5.74, 6) is 0.903. The Bertz CT molecular complexity index is 776. The molecule has 4 nitrogen and oxygen atoms in total. The lowest BCUT2D eigenvalue weighted by Crippen LogP contribution is -2.28. The summed E-state index contributed by atoms with van der Waals surface area (Å²) in [6.07, 6.45) is 1.21. The largest absolute Gasteiger partial charge is 0.490 e. The Morgan fingerprint density at radius 1 is 1.15 bits per heavy atom. The van der Waals surface area contributed by atoms with Gasteiger partial charge in [0.2, 0.25) is 5.91 Å². The van der Waals surface area contributed by atoms with E-state index in [-0.39, 0.29) is 11.3 Å². The summed E-state index contributed by atoms with van der Waals surface area (Å²) in [5.41, 5.74) is 4.48. The number of amides is 1. The first kappa shape index (κ1) is 18.3. The lowest BCUT2D eigenvalue weighted by Gasteiger charge is -2.28. The van der Waals surface area contributed by atoms with E-state index in [1.807, 2.05) is 25.2 Å². The predicted molar refractivity (Wildman–Crippen MR) is 107 cm³/mol. The molecule has 0 unspecified atom stereocenters. The zero-order valence-corrected chi connectivity index (χ0v) is 16.1. The summed E-state index contributed by atoms with van der Waals surface area (Å²) in [4.78, 5) is 14.4. The number of benzene rings is 2. The first-order chi connectivity index (χ1) is 12.3. The summed E-state index contributed by atoms with van der Waals surface area (Å²) in [5, 5.41) is 3.00. The van der Waals surface area contributed by atoms with Gasteiger partial charge in [0, 0.05) is 19.2 Å². The Labute approximate surface area is 156 Å². The Morgan fingerprint density at radius 2 is 1.88 bits per heavy atom. The number of likely N-dealkylation sites (N-methyl/N-ethyl adjacent to an activating group) is 1. The van der Waals surface area contributed by atoms with Crippen LogP contribution in [0.15, 0.2) is 42.5 Å². The zero-order valence-electron chi connectivity index (χ0n) is 16.1. The Balaban J connectivity index is 1.57. The Kier molecular flexibility index (Phi) is 5.21. The molecular weight excluding hydrogens is 324 g/mol. The van der Waals surface area contributed by atoms with Crippen LogP contribution in [0.2, 0.25) is 0 Å². The van der Waals surface area contributed by atoms with Gasteiger partial charge in [-0.15, -0.1) is 0 Å². The lowest BCUT2D eigenvalue weighted by molar-refractivity contribution is -0.116. The van der Waals surface area contributed by atoms with E-state index in [0.717, 1.165) is 30.1 Å². The molecule has 2 aromatic rings. The highest BCUT2D eigenvalue weighted by molar-refractivity contribution is 5.91. The summed E-state index contributed by atoms with van der Waals surface area (Å²) < 4.78 is 5.64. The number of nitrogens with zero attached hydrogens (tertiary/aromatic N) is 1. The number of nitrogens with one attached hydrogen (secondary N) is 1. The van der Waals surface area contributed by atoms with Gasteiger partial charge in [-0.25, -0.2) is 0 Å². The second kappa shape index (κ2) is 7.40. The molecule has 1 aliphatic heterocycles. The SMILES string of the molecule is CN1CCOc2ccc(NC(=O)CCc3ccc(C(C)(C)C)cc3)cc21. The number of hydrogen-bond acceptors (Lipinski definition) is 3. The molecule has 0 aliphatic carbocycles. The molecule has 1 aliphatic rings. The van der Waals surface area contributed by atoms with Crippen LogP contribution in [0.5, 0.6) is 5.75 Å². The highest BCUT2D eigenvalue weighted by Gasteiger charge is 2.16. The van der Waals surface area contributed by atoms with Crippen molar-refractivity contribution in [1.29, 1.82) is 0 Å². The van der Waals surface area contributed by atoms with Crippen molar-refractivity contribution in [3.8, 4) is 5.75 Å². The van der Waals surface area contributed by atoms with Crippen molar-refractivity contribution < 1.29 is 9.53 Å². The number of ether oxygens (including phenoxy) is 1. The summed E-state index contributed by atoms with van der Waals surface area (Å²) in [7, 11) is 2.04. The maximum atomic E-state index is 12.3. The topological polar surface area (TPSA) is 41.6 Å². The zero-order chi connectivity index (χ0) is 18.7. The molecule has 0 radical (unpaired) electrons. The van der Waals surface area contributed by atoms with E-state index in [1.54, 1.807) is 0 Å². The number of rotatable bonds is 4. The molecule has 26 heavy (non-hydrogen) atoms. The summed E-state index contributed by atoms with van der Waals surface area (Å²) in [6, 6.07) is 14.4. The van der Waals surface area contributed by atoms with Crippen LogP contribution >= 0.6 is 0 Å². The molecule has 1 N–H and O–H groups in total. The average Bonchev–Trinajstić information content (AvgIpc) is 2.60. The first-order valence-electron chi connectivity index (χ1n) is 9.20. The van der Waals surface area contributed by atoms with Crippen LogP contribution in [0, 0.1) is 0 Å². The van der Waals surface area contributed by atoms with Crippen molar-refractivity contribution in [2.24, 2.45) is 0 Å². The number of hydrogen-bond donors (Lipinski definition) is 1. The third-order valence-corrected chi connectivity index (χ3v) is 4.80. The predicted octanol–water partition coefficient (Wildman–Crippen LogP) is 4.38. The van der Waals surface area contributed by atoms with E-state index >= 15 is 0 Å².